The number of allylic oxidation sites excluding steroid dienone is 3. The van der Waals surface area contributed by atoms with Gasteiger partial charge in [-0.3, -0.25) is 5.41 Å². The number of nitrogens with one attached hydrogen (secondary N) is 4. The van der Waals surface area contributed by atoms with E-state index in [-0.39, 0.29) is 17.3 Å². The molecule has 222 valence electrons. The third kappa shape index (κ3) is 15.0. The third-order valence-corrected chi connectivity index (χ3v) is 6.12. The molecule has 1 aliphatic rings. The van der Waals surface area contributed by atoms with Crippen LogP contribution in [0.4, 0.5) is 4.39 Å². The van der Waals surface area contributed by atoms with Crippen molar-refractivity contribution < 1.29 is 9.50 Å². The molecule has 0 aliphatic carbocycles. The van der Waals surface area contributed by atoms with Gasteiger partial charge < -0.3 is 21.1 Å². The lowest BCUT2D eigenvalue weighted by atomic mass is 9.83. The van der Waals surface area contributed by atoms with E-state index in [0.717, 1.165) is 22.4 Å². The number of rotatable bonds is 9. The Bertz CT molecular complexity index is 969. The van der Waals surface area contributed by atoms with E-state index in [2.05, 4.69) is 56.8 Å². The van der Waals surface area contributed by atoms with E-state index in [4.69, 9.17) is 17.0 Å². The van der Waals surface area contributed by atoms with Crippen LogP contribution in [0.2, 0.25) is 5.02 Å². The Morgan fingerprint density at radius 3 is 2.08 bits per heavy atom. The SMILES string of the molecule is C=C(O)C(=N)/C(=C\C=C(/C)F)NCc1cc(Cl)cc(C(=C)NC)c1C(C)C.CC.CC.CC1(C)CCNCC1. The molecule has 7 heteroatoms. The number of hydrogen-bond acceptors (Lipinski definition) is 5. The Balaban J connectivity index is 0. The minimum absolute atomic E-state index is 0.201. The first kappa shape index (κ1) is 38.6. The van der Waals surface area contributed by atoms with Crippen LogP contribution in [-0.2, 0) is 6.54 Å². The lowest BCUT2D eigenvalue weighted by Crippen LogP contribution is -2.32. The standard InChI is InChI=1S/C21H27ClFN3O.C7H15N.2C2H6/c1-12(2)20-16(9-17(22)10-18(20)14(4)25-6)11-26-19(8-7-13(3)23)21(24)15(5)27;1-7(2)3-5-8-6-4-7;2*1-2/h7-10,12,24-27H,4-5,11H2,1-3,6H3;8H,3-6H2,1-2H3;2*1-2H3/b13-7+,19-8+,24-21?;;;. The van der Waals surface area contributed by atoms with E-state index in [1.165, 1.54) is 45.0 Å². The first-order chi connectivity index (χ1) is 18.3. The van der Waals surface area contributed by atoms with E-state index < -0.39 is 11.6 Å². The van der Waals surface area contributed by atoms with Gasteiger partial charge in [0.05, 0.1) is 11.5 Å². The van der Waals surface area contributed by atoms with Crippen LogP contribution in [0.5, 0.6) is 0 Å². The number of aliphatic hydroxyl groups is 1. The van der Waals surface area contributed by atoms with Gasteiger partial charge in [-0.1, -0.05) is 80.1 Å². The van der Waals surface area contributed by atoms with Crippen molar-refractivity contribution in [3.63, 3.8) is 0 Å². The maximum Gasteiger partial charge on any atom is 0.135 e. The van der Waals surface area contributed by atoms with Gasteiger partial charge >= 0.3 is 0 Å². The molecule has 2 rings (SSSR count). The molecular formula is C32H54ClFN4O. The fraction of sp³-hybridized carbons (Fsp3) is 0.531. The zero-order valence-corrected chi connectivity index (χ0v) is 26.8. The number of benzene rings is 1. The summed E-state index contributed by atoms with van der Waals surface area (Å²) in [6.45, 7) is 28.3. The zero-order chi connectivity index (χ0) is 30.8. The second kappa shape index (κ2) is 20.3. The van der Waals surface area contributed by atoms with Crippen molar-refractivity contribution in [2.75, 3.05) is 20.1 Å². The Labute approximate surface area is 243 Å². The summed E-state index contributed by atoms with van der Waals surface area (Å²) in [4.78, 5) is 0. The molecule has 0 spiro atoms. The molecule has 1 heterocycles. The molecule has 1 fully saturated rings. The first-order valence-electron chi connectivity index (χ1n) is 13.9. The van der Waals surface area contributed by atoms with Gasteiger partial charge in [0.2, 0.25) is 0 Å². The molecule has 0 unspecified atom stereocenters. The maximum absolute atomic E-state index is 13.1. The monoisotopic (exact) mass is 564 g/mol. The molecule has 5 nitrogen and oxygen atoms in total. The van der Waals surface area contributed by atoms with Crippen LogP contribution >= 0.6 is 11.6 Å². The highest BCUT2D eigenvalue weighted by Gasteiger charge is 2.20. The van der Waals surface area contributed by atoms with Crippen molar-refractivity contribution in [2.45, 2.75) is 87.6 Å². The lowest BCUT2D eigenvalue weighted by molar-refractivity contribution is 0.259. The fourth-order valence-corrected chi connectivity index (χ4v) is 4.01. The van der Waals surface area contributed by atoms with Gasteiger partial charge in [-0.2, -0.15) is 0 Å². The van der Waals surface area contributed by atoms with Gasteiger partial charge in [0.1, 0.15) is 11.5 Å². The minimum Gasteiger partial charge on any atom is -0.506 e. The average molecular weight is 565 g/mol. The highest BCUT2D eigenvalue weighted by atomic mass is 35.5. The van der Waals surface area contributed by atoms with Crippen LogP contribution in [0.25, 0.3) is 5.70 Å². The summed E-state index contributed by atoms with van der Waals surface area (Å²) in [5.74, 6) is -0.617. The van der Waals surface area contributed by atoms with Gasteiger partial charge in [-0.15, -0.1) is 0 Å². The molecular weight excluding hydrogens is 511 g/mol. The van der Waals surface area contributed by atoms with Crippen molar-refractivity contribution in [3.8, 4) is 0 Å². The summed E-state index contributed by atoms with van der Waals surface area (Å²) in [7, 11) is 1.80. The predicted octanol–water partition coefficient (Wildman–Crippen LogP) is 9.04. The molecule has 0 aromatic heterocycles. The molecule has 1 aromatic carbocycles. The molecule has 0 saturated carbocycles. The number of piperidine rings is 1. The summed E-state index contributed by atoms with van der Waals surface area (Å²) in [6.07, 6.45) is 5.29. The number of hydrogen-bond donors (Lipinski definition) is 5. The molecule has 0 radical (unpaired) electrons. The Morgan fingerprint density at radius 2 is 1.69 bits per heavy atom. The van der Waals surface area contributed by atoms with Gasteiger partial charge in [0.25, 0.3) is 0 Å². The van der Waals surface area contributed by atoms with Crippen molar-refractivity contribution in [1.29, 1.82) is 5.41 Å². The molecule has 0 atom stereocenters. The molecule has 1 aromatic rings. The molecule has 39 heavy (non-hydrogen) atoms. The minimum atomic E-state index is -0.413. The van der Waals surface area contributed by atoms with Crippen molar-refractivity contribution in [3.05, 3.63) is 76.4 Å². The molecule has 0 bridgehead atoms. The van der Waals surface area contributed by atoms with Crippen LogP contribution < -0.4 is 16.0 Å². The first-order valence-corrected chi connectivity index (χ1v) is 14.3. The van der Waals surface area contributed by atoms with Gasteiger partial charge in [0.15, 0.2) is 0 Å². The quantitative estimate of drug-likeness (QED) is 0.118. The van der Waals surface area contributed by atoms with Crippen LogP contribution in [0.15, 0.2) is 54.7 Å². The Kier molecular flexibility index (Phi) is 20.1. The predicted molar refractivity (Wildman–Crippen MR) is 171 cm³/mol. The topological polar surface area (TPSA) is 80.2 Å². The van der Waals surface area contributed by atoms with E-state index in [1.807, 2.05) is 39.8 Å². The average Bonchev–Trinajstić information content (AvgIpc) is 2.89. The number of halogens is 2. The highest BCUT2D eigenvalue weighted by Crippen LogP contribution is 2.31. The van der Waals surface area contributed by atoms with Gasteiger partial charge in [-0.05, 0) is 79.6 Å². The maximum atomic E-state index is 13.1. The summed E-state index contributed by atoms with van der Waals surface area (Å²) >= 11 is 6.29. The Hall–Kier alpha value is -2.57. The summed E-state index contributed by atoms with van der Waals surface area (Å²) in [5.41, 5.74) is 4.33. The normalized spacial score (nSPS) is 14.4. The van der Waals surface area contributed by atoms with Crippen LogP contribution in [0.3, 0.4) is 0 Å². The second-order valence-electron chi connectivity index (χ2n) is 9.83. The van der Waals surface area contributed by atoms with Crippen molar-refractivity contribution in [1.82, 2.24) is 16.0 Å². The summed E-state index contributed by atoms with van der Waals surface area (Å²) in [5, 5.41) is 27.5. The van der Waals surface area contributed by atoms with Gasteiger partial charge in [-0.25, -0.2) is 4.39 Å². The van der Waals surface area contributed by atoms with Crippen LogP contribution in [-0.4, -0.2) is 31.0 Å². The van der Waals surface area contributed by atoms with E-state index >= 15 is 0 Å². The van der Waals surface area contributed by atoms with Crippen molar-refractivity contribution >= 4 is 23.0 Å². The molecule has 0 amide bonds. The van der Waals surface area contributed by atoms with Crippen LogP contribution in [0, 0.1) is 10.8 Å². The van der Waals surface area contributed by atoms with Crippen LogP contribution in [0.1, 0.15) is 97.8 Å². The van der Waals surface area contributed by atoms with E-state index in [9.17, 15) is 9.50 Å². The summed E-state index contributed by atoms with van der Waals surface area (Å²) < 4.78 is 13.1. The molecule has 5 N–H and O–H groups in total. The largest absolute Gasteiger partial charge is 0.506 e. The molecule has 1 saturated heterocycles. The Morgan fingerprint density at radius 1 is 1.15 bits per heavy atom. The fourth-order valence-electron chi connectivity index (χ4n) is 3.77. The third-order valence-electron chi connectivity index (χ3n) is 5.90. The van der Waals surface area contributed by atoms with Gasteiger partial charge in [0, 0.05) is 29.9 Å². The molecule has 1 aliphatic heterocycles. The summed E-state index contributed by atoms with van der Waals surface area (Å²) in [6, 6.07) is 3.71. The number of aliphatic hydroxyl groups excluding tert-OH is 1. The zero-order valence-electron chi connectivity index (χ0n) is 26.0. The smallest absolute Gasteiger partial charge is 0.135 e. The highest BCUT2D eigenvalue weighted by molar-refractivity contribution is 6.30. The van der Waals surface area contributed by atoms with Crippen molar-refractivity contribution in [2.24, 2.45) is 5.41 Å². The van der Waals surface area contributed by atoms with E-state index in [0.29, 0.717) is 17.0 Å². The lowest BCUT2D eigenvalue weighted by Gasteiger charge is -2.29. The van der Waals surface area contributed by atoms with E-state index in [1.54, 1.807) is 7.05 Å². The second-order valence-corrected chi connectivity index (χ2v) is 10.3.